The number of nitrogens with one attached hydrogen (secondary N) is 2. The number of hydrogen-bond donors (Lipinski definition) is 3. The number of amides is 3. The molecule has 1 heterocycles. The lowest BCUT2D eigenvalue weighted by molar-refractivity contribution is -0.150. The van der Waals surface area contributed by atoms with Crippen LogP contribution in [0.4, 0.5) is 4.79 Å². The van der Waals surface area contributed by atoms with Crippen molar-refractivity contribution in [3.8, 4) is 0 Å². The summed E-state index contributed by atoms with van der Waals surface area (Å²) in [5, 5.41) is 14.7. The Balaban J connectivity index is 2.27. The number of urea groups is 1. The second-order valence-electron chi connectivity index (χ2n) is 3.81. The average molecular weight is 252 g/mol. The molecule has 3 N–H and O–H groups in total. The molecule has 1 unspecified atom stereocenters. The summed E-state index contributed by atoms with van der Waals surface area (Å²) in [4.78, 5) is 25.5. The lowest BCUT2D eigenvalue weighted by Crippen LogP contribution is -2.45. The third-order valence-corrected chi connectivity index (χ3v) is 2.16. The Morgan fingerprint density at radius 1 is 1.56 bits per heavy atom. The molecule has 0 saturated heterocycles. The van der Waals surface area contributed by atoms with Gasteiger partial charge in [0.2, 0.25) is 6.41 Å². The first kappa shape index (κ1) is 13.9. The lowest BCUT2D eigenvalue weighted by Gasteiger charge is -2.17. The Bertz CT molecular complexity index is 385. The van der Waals surface area contributed by atoms with E-state index in [9.17, 15) is 9.59 Å². The summed E-state index contributed by atoms with van der Waals surface area (Å²) in [5.74, 6) is 0. The van der Waals surface area contributed by atoms with Crippen molar-refractivity contribution in [1.29, 1.82) is 0 Å². The molecule has 0 bridgehead atoms. The van der Waals surface area contributed by atoms with Crippen LogP contribution in [-0.4, -0.2) is 40.3 Å². The van der Waals surface area contributed by atoms with Crippen molar-refractivity contribution in [2.75, 3.05) is 6.54 Å². The Morgan fingerprint density at radius 2 is 2.22 bits per heavy atom. The fourth-order valence-electron chi connectivity index (χ4n) is 1.33. The maximum atomic E-state index is 11.5. The smallest absolute Gasteiger partial charge is 0.315 e. The van der Waals surface area contributed by atoms with Crippen molar-refractivity contribution in [2.45, 2.75) is 19.5 Å². The predicted molar refractivity (Wildman–Crippen MR) is 63.6 cm³/mol. The largest absolute Gasteiger partial charge is 0.334 e. The molecule has 0 saturated carbocycles. The van der Waals surface area contributed by atoms with E-state index < -0.39 is 0 Å². The zero-order chi connectivity index (χ0) is 13.4. The van der Waals surface area contributed by atoms with Gasteiger partial charge in [0.25, 0.3) is 0 Å². The van der Waals surface area contributed by atoms with Gasteiger partial charge in [-0.1, -0.05) is 0 Å². The molecular weight excluding hydrogens is 236 g/mol. The molecule has 7 heteroatoms. The van der Waals surface area contributed by atoms with Crippen LogP contribution >= 0.6 is 0 Å². The maximum Gasteiger partial charge on any atom is 0.315 e. The Morgan fingerprint density at radius 3 is 2.83 bits per heavy atom. The van der Waals surface area contributed by atoms with Gasteiger partial charge in [-0.15, -0.1) is 0 Å². The molecule has 0 aromatic carbocycles. The van der Waals surface area contributed by atoms with E-state index in [0.29, 0.717) is 11.6 Å². The first-order chi connectivity index (χ1) is 8.61. The van der Waals surface area contributed by atoms with Crippen LogP contribution in [-0.2, 0) is 11.3 Å². The highest BCUT2D eigenvalue weighted by atomic mass is 16.5. The van der Waals surface area contributed by atoms with Gasteiger partial charge in [0, 0.05) is 25.0 Å². The van der Waals surface area contributed by atoms with Crippen molar-refractivity contribution >= 4 is 12.4 Å². The van der Waals surface area contributed by atoms with Crippen molar-refractivity contribution < 1.29 is 14.8 Å². The number of hydrogen-bond acceptors (Lipinski definition) is 4. The van der Waals surface area contributed by atoms with Gasteiger partial charge in [-0.25, -0.2) is 9.86 Å². The number of nitrogens with zero attached hydrogens (tertiary/aromatic N) is 2. The monoisotopic (exact) mass is 252 g/mol. The molecule has 0 aliphatic carbocycles. The first-order valence-corrected chi connectivity index (χ1v) is 5.46. The number of hydroxylamine groups is 2. The standard InChI is InChI=1S/C11H16N4O3/c1-9(7-15(18)8-16)14-11(17)13-6-10-2-4-12-5-3-10/h2-5,8-9,18H,6-7H2,1H3,(H2,13,14,17). The van der Waals surface area contributed by atoms with Gasteiger partial charge in [-0.3, -0.25) is 15.0 Å². The minimum absolute atomic E-state index is 0.0339. The molecule has 0 radical (unpaired) electrons. The van der Waals surface area contributed by atoms with E-state index in [2.05, 4.69) is 15.6 Å². The van der Waals surface area contributed by atoms with Crippen LogP contribution in [0.1, 0.15) is 12.5 Å². The quantitative estimate of drug-likeness (QED) is 0.380. The molecule has 0 spiro atoms. The summed E-state index contributed by atoms with van der Waals surface area (Å²) in [6.07, 6.45) is 3.57. The number of carbonyl (C=O) groups excluding carboxylic acids is 2. The number of carbonyl (C=O) groups is 2. The van der Waals surface area contributed by atoms with Crippen molar-refractivity contribution in [2.24, 2.45) is 0 Å². The summed E-state index contributed by atoms with van der Waals surface area (Å²) in [5.41, 5.74) is 0.935. The van der Waals surface area contributed by atoms with Crippen LogP contribution in [0.3, 0.4) is 0 Å². The minimum Gasteiger partial charge on any atom is -0.334 e. The highest BCUT2D eigenvalue weighted by Crippen LogP contribution is 1.94. The van der Waals surface area contributed by atoms with Crippen LogP contribution in [0.2, 0.25) is 0 Å². The topological polar surface area (TPSA) is 94.6 Å². The Hall–Kier alpha value is -2.15. The van der Waals surface area contributed by atoms with Crippen LogP contribution in [0.5, 0.6) is 0 Å². The van der Waals surface area contributed by atoms with Gasteiger partial charge < -0.3 is 10.6 Å². The maximum absolute atomic E-state index is 11.5. The third kappa shape index (κ3) is 5.26. The van der Waals surface area contributed by atoms with Crippen molar-refractivity contribution in [1.82, 2.24) is 20.7 Å². The normalized spacial score (nSPS) is 11.4. The van der Waals surface area contributed by atoms with Gasteiger partial charge in [0.1, 0.15) is 0 Å². The van der Waals surface area contributed by atoms with Gasteiger partial charge in [0.15, 0.2) is 0 Å². The van der Waals surface area contributed by atoms with Crippen LogP contribution in [0.15, 0.2) is 24.5 Å². The zero-order valence-corrected chi connectivity index (χ0v) is 10.0. The highest BCUT2D eigenvalue weighted by Gasteiger charge is 2.09. The Labute approximate surface area is 105 Å². The first-order valence-electron chi connectivity index (χ1n) is 5.46. The van der Waals surface area contributed by atoms with E-state index >= 15 is 0 Å². The van der Waals surface area contributed by atoms with Gasteiger partial charge >= 0.3 is 6.03 Å². The molecule has 1 aromatic heterocycles. The highest BCUT2D eigenvalue weighted by molar-refractivity contribution is 5.74. The molecule has 0 aliphatic heterocycles. The number of rotatable bonds is 6. The van der Waals surface area contributed by atoms with Crippen LogP contribution in [0.25, 0.3) is 0 Å². The summed E-state index contributed by atoms with van der Waals surface area (Å²) in [6, 6.07) is 2.88. The SMILES string of the molecule is CC(CN(O)C=O)NC(=O)NCc1ccncc1. The molecule has 98 valence electrons. The molecule has 3 amide bonds. The molecule has 7 nitrogen and oxygen atoms in total. The fourth-order valence-corrected chi connectivity index (χ4v) is 1.33. The van der Waals surface area contributed by atoms with Crippen LogP contribution < -0.4 is 10.6 Å². The molecule has 0 fully saturated rings. The van der Waals surface area contributed by atoms with E-state index in [1.54, 1.807) is 31.5 Å². The van der Waals surface area contributed by atoms with E-state index in [-0.39, 0.29) is 25.0 Å². The molecule has 18 heavy (non-hydrogen) atoms. The molecule has 0 aliphatic rings. The minimum atomic E-state index is -0.362. The van der Waals surface area contributed by atoms with E-state index in [1.807, 2.05) is 0 Å². The van der Waals surface area contributed by atoms with E-state index in [4.69, 9.17) is 5.21 Å². The number of pyridine rings is 1. The second-order valence-corrected chi connectivity index (χ2v) is 3.81. The average Bonchev–Trinajstić information content (AvgIpc) is 2.37. The predicted octanol–water partition coefficient (Wildman–Crippen LogP) is 0.117. The second kappa shape index (κ2) is 7.23. The fraction of sp³-hybridized carbons (Fsp3) is 0.364. The summed E-state index contributed by atoms with van der Waals surface area (Å²) >= 11 is 0. The molecule has 1 rings (SSSR count). The van der Waals surface area contributed by atoms with Gasteiger partial charge in [0.05, 0.1) is 6.54 Å². The molecule has 1 atom stereocenters. The third-order valence-electron chi connectivity index (χ3n) is 2.16. The number of aromatic nitrogens is 1. The lowest BCUT2D eigenvalue weighted by atomic mass is 10.3. The van der Waals surface area contributed by atoms with E-state index in [0.717, 1.165) is 5.56 Å². The Kier molecular flexibility index (Phi) is 5.59. The zero-order valence-electron chi connectivity index (χ0n) is 10.0. The summed E-state index contributed by atoms with van der Waals surface area (Å²) < 4.78 is 0. The van der Waals surface area contributed by atoms with Crippen molar-refractivity contribution in [3.63, 3.8) is 0 Å². The summed E-state index contributed by atoms with van der Waals surface area (Å²) in [6.45, 7) is 2.10. The van der Waals surface area contributed by atoms with Crippen molar-refractivity contribution in [3.05, 3.63) is 30.1 Å². The van der Waals surface area contributed by atoms with E-state index in [1.165, 1.54) is 0 Å². The van der Waals surface area contributed by atoms with Crippen LogP contribution in [0, 0.1) is 0 Å². The summed E-state index contributed by atoms with van der Waals surface area (Å²) in [7, 11) is 0. The molecule has 1 aromatic rings. The molecular formula is C11H16N4O3. The van der Waals surface area contributed by atoms with Gasteiger partial charge in [-0.2, -0.15) is 0 Å². The van der Waals surface area contributed by atoms with Gasteiger partial charge in [-0.05, 0) is 24.6 Å².